The molecule has 1 aliphatic heterocycles. The van der Waals surface area contributed by atoms with E-state index in [2.05, 4.69) is 5.32 Å². The number of alkyl halides is 3. The molecule has 1 aliphatic rings. The van der Waals surface area contributed by atoms with Gasteiger partial charge in [0.1, 0.15) is 0 Å². The van der Waals surface area contributed by atoms with Crippen LogP contribution in [0.4, 0.5) is 23.7 Å². The predicted molar refractivity (Wildman–Crippen MR) is 74.7 cm³/mol. The molecule has 5 nitrogen and oxygen atoms in total. The van der Waals surface area contributed by atoms with Gasteiger partial charge in [0.25, 0.3) is 0 Å². The van der Waals surface area contributed by atoms with Crippen LogP contribution in [0.3, 0.4) is 0 Å². The summed E-state index contributed by atoms with van der Waals surface area (Å²) in [4.78, 5) is 25.6. The van der Waals surface area contributed by atoms with E-state index in [0.717, 1.165) is 18.2 Å². The third-order valence-electron chi connectivity index (χ3n) is 3.28. The Labute approximate surface area is 129 Å². The number of rotatable bonds is 2. The molecule has 0 spiro atoms. The first-order chi connectivity index (χ1) is 10.3. The molecule has 1 fully saturated rings. The van der Waals surface area contributed by atoms with Crippen molar-refractivity contribution in [1.29, 1.82) is 0 Å². The molecule has 0 aliphatic carbocycles. The monoisotopic (exact) mass is 335 g/mol. The average molecular weight is 336 g/mol. The van der Waals surface area contributed by atoms with Crippen LogP contribution < -0.4 is 5.32 Å². The van der Waals surface area contributed by atoms with Gasteiger partial charge in [-0.2, -0.15) is 13.2 Å². The molecule has 0 unspecified atom stereocenters. The van der Waals surface area contributed by atoms with Crippen molar-refractivity contribution in [2.45, 2.75) is 6.18 Å². The SMILES string of the molecule is O=CN1CCN(C(=O)Nc2ccc(C(F)(F)F)c(Cl)c2)CC1. The van der Waals surface area contributed by atoms with Crippen LogP contribution in [-0.4, -0.2) is 48.4 Å². The van der Waals surface area contributed by atoms with E-state index < -0.39 is 22.8 Å². The van der Waals surface area contributed by atoms with Crippen molar-refractivity contribution in [2.24, 2.45) is 0 Å². The van der Waals surface area contributed by atoms with Crippen molar-refractivity contribution in [3.63, 3.8) is 0 Å². The number of anilines is 1. The third-order valence-corrected chi connectivity index (χ3v) is 3.59. The van der Waals surface area contributed by atoms with Crippen LogP contribution in [0.5, 0.6) is 0 Å². The van der Waals surface area contributed by atoms with Gasteiger partial charge in [0.2, 0.25) is 6.41 Å². The highest BCUT2D eigenvalue weighted by molar-refractivity contribution is 6.31. The zero-order chi connectivity index (χ0) is 16.3. The molecule has 1 N–H and O–H groups in total. The summed E-state index contributed by atoms with van der Waals surface area (Å²) >= 11 is 5.59. The number of hydrogen-bond donors (Lipinski definition) is 1. The Morgan fingerprint density at radius 1 is 1.23 bits per heavy atom. The van der Waals surface area contributed by atoms with E-state index in [0.29, 0.717) is 32.6 Å². The van der Waals surface area contributed by atoms with Crippen molar-refractivity contribution >= 4 is 29.7 Å². The molecule has 0 aromatic heterocycles. The van der Waals surface area contributed by atoms with Gasteiger partial charge < -0.3 is 15.1 Å². The van der Waals surface area contributed by atoms with Crippen molar-refractivity contribution in [3.8, 4) is 0 Å². The molecular weight excluding hydrogens is 323 g/mol. The number of benzene rings is 1. The zero-order valence-corrected chi connectivity index (χ0v) is 12.1. The lowest BCUT2D eigenvalue weighted by Gasteiger charge is -2.32. The molecule has 0 radical (unpaired) electrons. The second-order valence-electron chi connectivity index (χ2n) is 4.75. The fourth-order valence-corrected chi connectivity index (χ4v) is 2.34. The van der Waals surface area contributed by atoms with Crippen LogP contribution in [-0.2, 0) is 11.0 Å². The number of nitrogens with one attached hydrogen (secondary N) is 1. The van der Waals surface area contributed by atoms with Gasteiger partial charge in [0, 0.05) is 31.9 Å². The number of hydrogen-bond acceptors (Lipinski definition) is 2. The van der Waals surface area contributed by atoms with Crippen molar-refractivity contribution in [2.75, 3.05) is 31.5 Å². The first-order valence-electron chi connectivity index (χ1n) is 6.43. The molecule has 0 saturated carbocycles. The van der Waals surface area contributed by atoms with E-state index >= 15 is 0 Å². The number of amides is 3. The van der Waals surface area contributed by atoms with Gasteiger partial charge in [0.05, 0.1) is 10.6 Å². The molecule has 0 atom stereocenters. The molecule has 1 heterocycles. The van der Waals surface area contributed by atoms with Gasteiger partial charge >= 0.3 is 12.2 Å². The van der Waals surface area contributed by atoms with Gasteiger partial charge in [-0.1, -0.05) is 11.6 Å². The fourth-order valence-electron chi connectivity index (χ4n) is 2.06. The van der Waals surface area contributed by atoms with Gasteiger partial charge in [-0.3, -0.25) is 4.79 Å². The maximum Gasteiger partial charge on any atom is 0.417 e. The molecular formula is C13H13ClF3N3O2. The van der Waals surface area contributed by atoms with Crippen molar-refractivity contribution in [3.05, 3.63) is 28.8 Å². The van der Waals surface area contributed by atoms with Crippen molar-refractivity contribution in [1.82, 2.24) is 9.80 Å². The fraction of sp³-hybridized carbons (Fsp3) is 0.385. The number of carbonyl (C=O) groups excluding carboxylic acids is 2. The normalized spacial score (nSPS) is 15.6. The summed E-state index contributed by atoms with van der Waals surface area (Å²) in [5, 5.41) is 2.02. The summed E-state index contributed by atoms with van der Waals surface area (Å²) < 4.78 is 37.8. The smallest absolute Gasteiger partial charge is 0.342 e. The summed E-state index contributed by atoms with van der Waals surface area (Å²) in [6.45, 7) is 1.56. The Morgan fingerprint density at radius 2 is 1.86 bits per heavy atom. The maximum atomic E-state index is 12.6. The van der Waals surface area contributed by atoms with Gasteiger partial charge in [0.15, 0.2) is 0 Å². The lowest BCUT2D eigenvalue weighted by atomic mass is 10.2. The van der Waals surface area contributed by atoms with Crippen LogP contribution in [0, 0.1) is 0 Å². The number of piperazine rings is 1. The quantitative estimate of drug-likeness (QED) is 0.845. The Bertz CT molecular complexity index is 572. The Kier molecular flexibility index (Phi) is 4.80. The van der Waals surface area contributed by atoms with Gasteiger partial charge in [-0.05, 0) is 18.2 Å². The molecule has 22 heavy (non-hydrogen) atoms. The van der Waals surface area contributed by atoms with Crippen molar-refractivity contribution < 1.29 is 22.8 Å². The number of nitrogens with zero attached hydrogens (tertiary/aromatic N) is 2. The topological polar surface area (TPSA) is 52.7 Å². The summed E-state index contributed by atoms with van der Waals surface area (Å²) in [5.74, 6) is 0. The molecule has 120 valence electrons. The highest BCUT2D eigenvalue weighted by Crippen LogP contribution is 2.35. The second kappa shape index (κ2) is 6.43. The zero-order valence-electron chi connectivity index (χ0n) is 11.4. The number of urea groups is 1. The average Bonchev–Trinajstić information content (AvgIpc) is 2.46. The first-order valence-corrected chi connectivity index (χ1v) is 6.81. The molecule has 0 bridgehead atoms. The van der Waals surface area contributed by atoms with Crippen LogP contribution in [0.15, 0.2) is 18.2 Å². The standard InChI is InChI=1S/C13H13ClF3N3O2/c14-11-7-9(1-2-10(11)13(15,16)17)18-12(22)20-5-3-19(8-21)4-6-20/h1-2,7-8H,3-6H2,(H,18,22). The van der Waals surface area contributed by atoms with E-state index in [1.54, 1.807) is 4.90 Å². The minimum absolute atomic E-state index is 0.181. The molecule has 3 amide bonds. The Morgan fingerprint density at radius 3 is 2.36 bits per heavy atom. The molecule has 1 aromatic rings. The maximum absolute atomic E-state index is 12.6. The largest absolute Gasteiger partial charge is 0.417 e. The Hall–Kier alpha value is -1.96. The minimum Gasteiger partial charge on any atom is -0.342 e. The minimum atomic E-state index is -4.54. The van der Waals surface area contributed by atoms with Crippen LogP contribution in [0.1, 0.15) is 5.56 Å². The van der Waals surface area contributed by atoms with E-state index in [-0.39, 0.29) is 5.69 Å². The van der Waals surface area contributed by atoms with Crippen LogP contribution in [0.25, 0.3) is 0 Å². The lowest BCUT2D eigenvalue weighted by Crippen LogP contribution is -2.49. The lowest BCUT2D eigenvalue weighted by molar-refractivity contribution is -0.137. The summed E-state index contributed by atoms with van der Waals surface area (Å²) in [7, 11) is 0. The van der Waals surface area contributed by atoms with Gasteiger partial charge in [-0.15, -0.1) is 0 Å². The van der Waals surface area contributed by atoms with E-state index in [9.17, 15) is 22.8 Å². The number of carbonyl (C=O) groups is 2. The van der Waals surface area contributed by atoms with E-state index in [1.165, 1.54) is 4.90 Å². The summed E-state index contributed by atoms with van der Waals surface area (Å²) in [6.07, 6.45) is -3.82. The summed E-state index contributed by atoms with van der Waals surface area (Å²) in [5.41, 5.74) is -0.771. The van der Waals surface area contributed by atoms with E-state index in [4.69, 9.17) is 11.6 Å². The van der Waals surface area contributed by atoms with Gasteiger partial charge in [-0.25, -0.2) is 4.79 Å². The van der Waals surface area contributed by atoms with Crippen LogP contribution in [0.2, 0.25) is 5.02 Å². The van der Waals surface area contributed by atoms with E-state index in [1.807, 2.05) is 0 Å². The second-order valence-corrected chi connectivity index (χ2v) is 5.16. The molecule has 1 aromatic carbocycles. The highest BCUT2D eigenvalue weighted by Gasteiger charge is 2.33. The molecule has 9 heteroatoms. The first kappa shape index (κ1) is 16.4. The Balaban J connectivity index is 2.01. The number of halogens is 4. The predicted octanol–water partition coefficient (Wildman–Crippen LogP) is 2.66. The van der Waals surface area contributed by atoms with Crippen LogP contribution >= 0.6 is 11.6 Å². The highest BCUT2D eigenvalue weighted by atomic mass is 35.5. The summed E-state index contributed by atoms with van der Waals surface area (Å²) in [6, 6.07) is 2.59. The third kappa shape index (κ3) is 3.82. The molecule has 2 rings (SSSR count). The molecule has 1 saturated heterocycles.